The number of fused-ring (bicyclic) bond motifs is 1. The van der Waals surface area contributed by atoms with E-state index in [4.69, 9.17) is 22.1 Å². The van der Waals surface area contributed by atoms with Crippen molar-refractivity contribution in [2.45, 2.75) is 25.3 Å². The second kappa shape index (κ2) is 7.24. The zero-order chi connectivity index (χ0) is 19.0. The van der Waals surface area contributed by atoms with E-state index in [1.54, 1.807) is 24.3 Å². The Kier molecular flexibility index (Phi) is 4.79. The van der Waals surface area contributed by atoms with Crippen molar-refractivity contribution in [2.24, 2.45) is 0 Å². The molecule has 10 heteroatoms. The number of anilines is 2. The van der Waals surface area contributed by atoms with Gasteiger partial charge in [-0.3, -0.25) is 4.57 Å². The molecule has 4 rings (SSSR count). The SMILES string of the molecule is Nc1c(NC2CCOCC2)nc(Cl)nc1-n1c(C(F)F)nc2ccccc21. The van der Waals surface area contributed by atoms with Crippen LogP contribution < -0.4 is 11.1 Å². The number of imidazole rings is 1. The molecule has 1 aromatic carbocycles. The molecule has 1 saturated heterocycles. The molecule has 1 aliphatic heterocycles. The first-order valence-electron chi connectivity index (χ1n) is 8.48. The van der Waals surface area contributed by atoms with Gasteiger partial charge in [0.15, 0.2) is 17.5 Å². The number of nitrogens with two attached hydrogens (primary N) is 1. The number of nitrogens with one attached hydrogen (secondary N) is 1. The van der Waals surface area contributed by atoms with Crippen LogP contribution >= 0.6 is 11.6 Å². The van der Waals surface area contributed by atoms with Crippen molar-refractivity contribution in [2.75, 3.05) is 24.3 Å². The van der Waals surface area contributed by atoms with Crippen molar-refractivity contribution in [3.63, 3.8) is 0 Å². The molecule has 1 fully saturated rings. The highest BCUT2D eigenvalue weighted by Crippen LogP contribution is 2.33. The van der Waals surface area contributed by atoms with Crippen molar-refractivity contribution >= 4 is 34.1 Å². The van der Waals surface area contributed by atoms with Gasteiger partial charge in [0.1, 0.15) is 5.69 Å². The van der Waals surface area contributed by atoms with E-state index in [9.17, 15) is 8.78 Å². The Balaban J connectivity index is 1.84. The lowest BCUT2D eigenvalue weighted by atomic mass is 10.1. The Hall–Kier alpha value is -2.52. The van der Waals surface area contributed by atoms with E-state index in [2.05, 4.69) is 20.3 Å². The molecule has 0 spiro atoms. The summed E-state index contributed by atoms with van der Waals surface area (Å²) in [5.41, 5.74) is 7.27. The number of halogens is 3. The van der Waals surface area contributed by atoms with Gasteiger partial charge >= 0.3 is 0 Å². The van der Waals surface area contributed by atoms with Crippen LogP contribution in [-0.4, -0.2) is 38.8 Å². The fourth-order valence-electron chi connectivity index (χ4n) is 3.16. The molecular weight excluding hydrogens is 378 g/mol. The van der Waals surface area contributed by atoms with Gasteiger partial charge in [0.25, 0.3) is 6.43 Å². The monoisotopic (exact) mass is 394 g/mol. The lowest BCUT2D eigenvalue weighted by molar-refractivity contribution is 0.0904. The summed E-state index contributed by atoms with van der Waals surface area (Å²) in [4.78, 5) is 12.3. The largest absolute Gasteiger partial charge is 0.393 e. The predicted octanol–water partition coefficient (Wildman–Crippen LogP) is 3.58. The lowest BCUT2D eigenvalue weighted by Gasteiger charge is -2.24. The third-order valence-electron chi connectivity index (χ3n) is 4.45. The van der Waals surface area contributed by atoms with E-state index in [-0.39, 0.29) is 22.8 Å². The minimum absolute atomic E-state index is 0.0774. The molecule has 3 aromatic rings. The second-order valence-electron chi connectivity index (χ2n) is 6.20. The van der Waals surface area contributed by atoms with Crippen molar-refractivity contribution in [3.05, 3.63) is 35.4 Å². The Labute approximate surface area is 158 Å². The molecule has 0 unspecified atom stereocenters. The first-order chi connectivity index (χ1) is 13.0. The first-order valence-corrected chi connectivity index (χ1v) is 8.85. The molecular formula is C17H17ClF2N6O. The van der Waals surface area contributed by atoms with Crippen LogP contribution in [0, 0.1) is 0 Å². The summed E-state index contributed by atoms with van der Waals surface area (Å²) in [6.07, 6.45) is -1.24. The van der Waals surface area contributed by atoms with Crippen molar-refractivity contribution in [1.82, 2.24) is 19.5 Å². The fraction of sp³-hybridized carbons (Fsp3) is 0.353. The molecule has 2 aromatic heterocycles. The van der Waals surface area contributed by atoms with Crippen LogP contribution in [-0.2, 0) is 4.74 Å². The van der Waals surface area contributed by atoms with Crippen LogP contribution in [0.15, 0.2) is 24.3 Å². The van der Waals surface area contributed by atoms with Gasteiger partial charge in [-0.2, -0.15) is 9.97 Å². The van der Waals surface area contributed by atoms with Crippen molar-refractivity contribution in [3.8, 4) is 5.82 Å². The zero-order valence-electron chi connectivity index (χ0n) is 14.2. The van der Waals surface area contributed by atoms with Gasteiger partial charge in [-0.05, 0) is 36.6 Å². The molecule has 0 atom stereocenters. The Morgan fingerprint density at radius 2 is 1.93 bits per heavy atom. The molecule has 0 bridgehead atoms. The summed E-state index contributed by atoms with van der Waals surface area (Å²) >= 11 is 6.08. The summed E-state index contributed by atoms with van der Waals surface area (Å²) in [6, 6.07) is 6.89. The Bertz CT molecular complexity index is 973. The minimum Gasteiger partial charge on any atom is -0.393 e. The Morgan fingerprint density at radius 3 is 2.67 bits per heavy atom. The maximum absolute atomic E-state index is 13.6. The van der Waals surface area contributed by atoms with Crippen LogP contribution in [0.25, 0.3) is 16.9 Å². The number of aromatic nitrogens is 4. The highest BCUT2D eigenvalue weighted by molar-refractivity contribution is 6.28. The number of hydrogen-bond donors (Lipinski definition) is 2. The van der Waals surface area contributed by atoms with Crippen LogP contribution in [0.3, 0.4) is 0 Å². The quantitative estimate of drug-likeness (QED) is 0.657. The number of nitrogen functional groups attached to an aromatic ring is 1. The van der Waals surface area contributed by atoms with E-state index in [0.29, 0.717) is 30.1 Å². The van der Waals surface area contributed by atoms with E-state index < -0.39 is 12.2 Å². The smallest absolute Gasteiger partial charge is 0.296 e. The van der Waals surface area contributed by atoms with Gasteiger partial charge in [0.2, 0.25) is 5.28 Å². The zero-order valence-corrected chi connectivity index (χ0v) is 15.0. The van der Waals surface area contributed by atoms with E-state index in [0.717, 1.165) is 12.8 Å². The molecule has 142 valence electrons. The normalized spacial score (nSPS) is 15.6. The van der Waals surface area contributed by atoms with Crippen LogP contribution in [0.4, 0.5) is 20.3 Å². The molecule has 0 saturated carbocycles. The standard InChI is InChI=1S/C17H17ClF2N6O/c18-17-24-14(22-9-5-7-27-8-6-9)12(21)15(25-17)26-11-4-2-1-3-10(11)23-16(26)13(19)20/h1-4,9,13H,5-8,21H2,(H,22,24,25). The van der Waals surface area contributed by atoms with Gasteiger partial charge in [-0.25, -0.2) is 13.8 Å². The second-order valence-corrected chi connectivity index (χ2v) is 6.54. The number of benzene rings is 1. The van der Waals surface area contributed by atoms with E-state index in [1.807, 2.05) is 0 Å². The average Bonchev–Trinajstić information content (AvgIpc) is 3.05. The van der Waals surface area contributed by atoms with Crippen LogP contribution in [0.5, 0.6) is 0 Å². The minimum atomic E-state index is -2.81. The van der Waals surface area contributed by atoms with Crippen molar-refractivity contribution < 1.29 is 13.5 Å². The third kappa shape index (κ3) is 3.40. The lowest BCUT2D eigenvalue weighted by Crippen LogP contribution is -2.29. The fourth-order valence-corrected chi connectivity index (χ4v) is 3.32. The summed E-state index contributed by atoms with van der Waals surface area (Å²) in [6.45, 7) is 1.26. The number of hydrogen-bond acceptors (Lipinski definition) is 6. The third-order valence-corrected chi connectivity index (χ3v) is 4.62. The average molecular weight is 395 g/mol. The van der Waals surface area contributed by atoms with E-state index in [1.165, 1.54) is 4.57 Å². The number of para-hydroxylation sites is 2. The molecule has 0 amide bonds. The highest BCUT2D eigenvalue weighted by Gasteiger charge is 2.25. The number of alkyl halides is 2. The highest BCUT2D eigenvalue weighted by atomic mass is 35.5. The predicted molar refractivity (Wildman–Crippen MR) is 98.5 cm³/mol. The summed E-state index contributed by atoms with van der Waals surface area (Å²) < 4.78 is 33.8. The molecule has 27 heavy (non-hydrogen) atoms. The van der Waals surface area contributed by atoms with Gasteiger partial charge in [-0.15, -0.1) is 0 Å². The number of rotatable bonds is 4. The van der Waals surface area contributed by atoms with Crippen LogP contribution in [0.2, 0.25) is 5.28 Å². The van der Waals surface area contributed by atoms with Gasteiger partial charge < -0.3 is 15.8 Å². The summed E-state index contributed by atoms with van der Waals surface area (Å²) in [5, 5.41) is 3.14. The van der Waals surface area contributed by atoms with Crippen LogP contribution in [0.1, 0.15) is 25.1 Å². The maximum Gasteiger partial charge on any atom is 0.296 e. The van der Waals surface area contributed by atoms with Gasteiger partial charge in [0.05, 0.1) is 11.0 Å². The topological polar surface area (TPSA) is 90.9 Å². The van der Waals surface area contributed by atoms with Gasteiger partial charge in [-0.1, -0.05) is 12.1 Å². The van der Waals surface area contributed by atoms with E-state index >= 15 is 0 Å². The number of ether oxygens (including phenoxy) is 1. The molecule has 0 radical (unpaired) electrons. The molecule has 0 aliphatic carbocycles. The first kappa shape index (κ1) is 17.9. The van der Waals surface area contributed by atoms with Gasteiger partial charge in [0, 0.05) is 19.3 Å². The summed E-state index contributed by atoms with van der Waals surface area (Å²) in [5.74, 6) is -0.0573. The molecule has 3 N–H and O–H groups in total. The molecule has 3 heterocycles. The number of nitrogens with zero attached hydrogens (tertiary/aromatic N) is 4. The summed E-state index contributed by atoms with van der Waals surface area (Å²) in [7, 11) is 0. The molecule has 7 nitrogen and oxygen atoms in total. The van der Waals surface area contributed by atoms with Crippen molar-refractivity contribution in [1.29, 1.82) is 0 Å². The maximum atomic E-state index is 13.6. The molecule has 1 aliphatic rings. The Morgan fingerprint density at radius 1 is 1.19 bits per heavy atom.